The highest BCUT2D eigenvalue weighted by Crippen LogP contribution is 2.31. The zero-order valence-electron chi connectivity index (χ0n) is 13.3. The van der Waals surface area contributed by atoms with Gasteiger partial charge in [0.15, 0.2) is 0 Å². The Kier molecular flexibility index (Phi) is 5.91. The van der Waals surface area contributed by atoms with Crippen LogP contribution in [0.3, 0.4) is 0 Å². The van der Waals surface area contributed by atoms with Gasteiger partial charge in [-0.05, 0) is 18.2 Å². The molecule has 1 aliphatic rings. The van der Waals surface area contributed by atoms with E-state index in [4.69, 9.17) is 5.14 Å². The number of nitrogens with one attached hydrogen (secondary N) is 1. The smallest absolute Gasteiger partial charge is 0.369 e. The fraction of sp³-hybridized carbons (Fsp3) is 0.500. The summed E-state index contributed by atoms with van der Waals surface area (Å²) in [4.78, 5) is 15.2. The molecule has 0 spiro atoms. The van der Waals surface area contributed by atoms with Crippen LogP contribution in [0.4, 0.5) is 18.9 Å². The number of benzene rings is 1. The van der Waals surface area contributed by atoms with Crippen LogP contribution < -0.4 is 14.8 Å². The monoisotopic (exact) mass is 380 g/mol. The van der Waals surface area contributed by atoms with Crippen LogP contribution in [0.1, 0.15) is 12.0 Å². The molecule has 1 aromatic carbocycles. The first kappa shape index (κ1) is 19.5. The van der Waals surface area contributed by atoms with Gasteiger partial charge in [-0.25, -0.2) is 9.86 Å². The van der Waals surface area contributed by atoms with Crippen molar-refractivity contribution in [3.05, 3.63) is 29.8 Å². The van der Waals surface area contributed by atoms with Gasteiger partial charge in [0.05, 0.1) is 5.56 Å². The van der Waals surface area contributed by atoms with E-state index in [1.54, 1.807) is 10.8 Å². The first-order valence-corrected chi connectivity index (χ1v) is 9.07. The van der Waals surface area contributed by atoms with E-state index in [0.29, 0.717) is 38.4 Å². The number of rotatable bonds is 5. The predicted molar refractivity (Wildman–Crippen MR) is 86.0 cm³/mol. The number of piperazine rings is 1. The van der Waals surface area contributed by atoms with Crippen molar-refractivity contribution in [2.24, 2.45) is 5.14 Å². The zero-order valence-corrected chi connectivity index (χ0v) is 14.1. The molecule has 1 aromatic rings. The van der Waals surface area contributed by atoms with Crippen LogP contribution in [0.25, 0.3) is 0 Å². The Morgan fingerprint density at radius 1 is 1.20 bits per heavy atom. The molecular formula is C14H19F3N4O3S. The van der Waals surface area contributed by atoms with Gasteiger partial charge in [0.1, 0.15) is 0 Å². The average Bonchev–Trinajstić information content (AvgIpc) is 2.51. The van der Waals surface area contributed by atoms with Crippen molar-refractivity contribution in [1.82, 2.24) is 9.62 Å². The fourth-order valence-corrected chi connectivity index (χ4v) is 3.00. The minimum absolute atomic E-state index is 0.0278. The molecule has 0 aromatic heterocycles. The van der Waals surface area contributed by atoms with Gasteiger partial charge in [-0.1, -0.05) is 6.07 Å². The molecule has 0 bridgehead atoms. The summed E-state index contributed by atoms with van der Waals surface area (Å²) >= 11 is 0. The molecule has 3 N–H and O–H groups in total. The molecule has 7 nitrogen and oxygen atoms in total. The van der Waals surface area contributed by atoms with Gasteiger partial charge in [-0.15, -0.1) is 0 Å². The Labute approximate surface area is 143 Å². The Hall–Kier alpha value is -1.85. The number of anilines is 1. The molecule has 1 saturated heterocycles. The Balaban J connectivity index is 1.85. The largest absolute Gasteiger partial charge is 0.416 e. The van der Waals surface area contributed by atoms with Gasteiger partial charge in [0.2, 0.25) is 5.91 Å². The highest BCUT2D eigenvalue weighted by molar-refractivity contribution is 7.87. The molecule has 0 unspecified atom stereocenters. The first-order valence-electron chi connectivity index (χ1n) is 7.52. The van der Waals surface area contributed by atoms with Gasteiger partial charge in [0.25, 0.3) is 10.2 Å². The quantitative estimate of drug-likeness (QED) is 0.777. The zero-order chi connectivity index (χ0) is 18.7. The lowest BCUT2D eigenvalue weighted by Gasteiger charge is -2.36. The second-order valence-electron chi connectivity index (χ2n) is 5.70. The first-order chi connectivity index (χ1) is 11.5. The number of alkyl halides is 3. The lowest BCUT2D eigenvalue weighted by Crippen LogP contribution is -2.47. The van der Waals surface area contributed by atoms with Crippen molar-refractivity contribution >= 4 is 21.8 Å². The lowest BCUT2D eigenvalue weighted by molar-refractivity contribution is -0.137. The number of amides is 1. The molecule has 0 atom stereocenters. The summed E-state index contributed by atoms with van der Waals surface area (Å²) < 4.78 is 61.5. The summed E-state index contributed by atoms with van der Waals surface area (Å²) in [6.07, 6.45) is -4.41. The van der Waals surface area contributed by atoms with Crippen LogP contribution >= 0.6 is 0 Å². The van der Waals surface area contributed by atoms with Gasteiger partial charge >= 0.3 is 6.18 Å². The Morgan fingerprint density at radius 2 is 1.84 bits per heavy atom. The summed E-state index contributed by atoms with van der Waals surface area (Å²) in [5.74, 6) is -0.692. The van der Waals surface area contributed by atoms with Crippen molar-refractivity contribution in [3.63, 3.8) is 0 Å². The standard InChI is InChI=1S/C14H19F3N4O3S/c15-14(16,17)11-2-1-3-12(10-11)21-8-6-20(7-9-21)5-4-13(22)19-25(18,23)24/h1-3,10H,4-9H2,(H,19,22)(H2,18,23,24). The van der Waals surface area contributed by atoms with Crippen molar-refractivity contribution in [1.29, 1.82) is 0 Å². The van der Waals surface area contributed by atoms with E-state index in [0.717, 1.165) is 12.1 Å². The maximum Gasteiger partial charge on any atom is 0.416 e. The van der Waals surface area contributed by atoms with Crippen molar-refractivity contribution in [2.45, 2.75) is 12.6 Å². The summed E-state index contributed by atoms with van der Waals surface area (Å²) in [6.45, 7) is 2.48. The molecule has 1 heterocycles. The highest BCUT2D eigenvalue weighted by Gasteiger charge is 2.31. The summed E-state index contributed by atoms with van der Waals surface area (Å²) in [5, 5.41) is 4.71. The average molecular weight is 380 g/mol. The number of carbonyl (C=O) groups excluding carboxylic acids is 1. The summed E-state index contributed by atoms with van der Waals surface area (Å²) in [7, 11) is -4.06. The van der Waals surface area contributed by atoms with Crippen molar-refractivity contribution in [3.8, 4) is 0 Å². The van der Waals surface area contributed by atoms with Crippen LogP contribution in [0.2, 0.25) is 0 Å². The van der Waals surface area contributed by atoms with E-state index in [1.807, 2.05) is 9.80 Å². The molecule has 0 saturated carbocycles. The number of halogens is 3. The molecular weight excluding hydrogens is 361 g/mol. The van der Waals surface area contributed by atoms with Crippen LogP contribution in [0.15, 0.2) is 24.3 Å². The Bertz CT molecular complexity index is 716. The maximum absolute atomic E-state index is 12.8. The normalized spacial score (nSPS) is 16.7. The highest BCUT2D eigenvalue weighted by atomic mass is 32.2. The van der Waals surface area contributed by atoms with Crippen LogP contribution in [0.5, 0.6) is 0 Å². The maximum atomic E-state index is 12.8. The van der Waals surface area contributed by atoms with Gasteiger partial charge in [-0.2, -0.15) is 21.6 Å². The molecule has 0 radical (unpaired) electrons. The minimum Gasteiger partial charge on any atom is -0.369 e. The van der Waals surface area contributed by atoms with E-state index < -0.39 is 27.9 Å². The third-order valence-electron chi connectivity index (χ3n) is 3.82. The molecule has 1 fully saturated rings. The molecule has 140 valence electrons. The van der Waals surface area contributed by atoms with E-state index in [9.17, 15) is 26.4 Å². The molecule has 25 heavy (non-hydrogen) atoms. The summed E-state index contributed by atoms with van der Waals surface area (Å²) in [5.41, 5.74) is -0.187. The number of carbonyl (C=O) groups is 1. The van der Waals surface area contributed by atoms with E-state index in [2.05, 4.69) is 0 Å². The predicted octanol–water partition coefficient (Wildman–Crippen LogP) is 0.537. The molecule has 1 aliphatic heterocycles. The van der Waals surface area contributed by atoms with Crippen molar-refractivity contribution in [2.75, 3.05) is 37.6 Å². The number of hydrogen-bond acceptors (Lipinski definition) is 5. The topological polar surface area (TPSA) is 95.7 Å². The van der Waals surface area contributed by atoms with Crippen LogP contribution in [-0.4, -0.2) is 51.9 Å². The Morgan fingerprint density at radius 3 is 2.40 bits per heavy atom. The third kappa shape index (κ3) is 6.18. The fourth-order valence-electron chi connectivity index (χ4n) is 2.58. The van der Waals surface area contributed by atoms with E-state index in [1.165, 1.54) is 6.07 Å². The van der Waals surface area contributed by atoms with Gasteiger partial charge < -0.3 is 4.90 Å². The lowest BCUT2D eigenvalue weighted by atomic mass is 10.1. The van der Waals surface area contributed by atoms with E-state index in [-0.39, 0.29) is 6.42 Å². The van der Waals surface area contributed by atoms with Gasteiger partial charge in [0, 0.05) is 44.8 Å². The molecule has 0 aliphatic carbocycles. The van der Waals surface area contributed by atoms with Crippen LogP contribution in [0, 0.1) is 0 Å². The number of nitrogens with two attached hydrogens (primary N) is 1. The summed E-state index contributed by atoms with van der Waals surface area (Å²) in [6, 6.07) is 5.16. The van der Waals surface area contributed by atoms with Crippen LogP contribution in [-0.2, 0) is 21.2 Å². The number of nitrogens with zero attached hydrogens (tertiary/aromatic N) is 2. The molecule has 1 amide bonds. The second kappa shape index (κ2) is 7.58. The number of hydrogen-bond donors (Lipinski definition) is 2. The minimum atomic E-state index is -4.38. The van der Waals surface area contributed by atoms with Gasteiger partial charge in [-0.3, -0.25) is 9.69 Å². The molecule has 2 rings (SSSR count). The van der Waals surface area contributed by atoms with Crippen molar-refractivity contribution < 1.29 is 26.4 Å². The van der Waals surface area contributed by atoms with E-state index >= 15 is 0 Å². The SMILES string of the molecule is NS(=O)(=O)NC(=O)CCN1CCN(c2cccc(C(F)(F)F)c2)CC1. The second-order valence-corrected chi connectivity index (χ2v) is 6.99. The third-order valence-corrected chi connectivity index (χ3v) is 4.33. The molecule has 11 heteroatoms.